The van der Waals surface area contributed by atoms with Gasteiger partial charge < -0.3 is 9.47 Å². The first-order valence-corrected chi connectivity index (χ1v) is 11.6. The summed E-state index contributed by atoms with van der Waals surface area (Å²) in [6.45, 7) is 12.5. The van der Waals surface area contributed by atoms with Crippen LogP contribution in [0, 0.1) is 6.92 Å². The smallest absolute Gasteiger partial charge is 0.429 e. The van der Waals surface area contributed by atoms with Gasteiger partial charge in [0.2, 0.25) is 0 Å². The molecule has 0 aliphatic carbocycles. The molecule has 1 aliphatic rings. The second-order valence-corrected chi connectivity index (χ2v) is 8.05. The van der Waals surface area contributed by atoms with Crippen molar-refractivity contribution in [3.05, 3.63) is 42.0 Å². The molecular weight excluding hydrogens is 392 g/mol. The van der Waals surface area contributed by atoms with Gasteiger partial charge >= 0.3 is 12.2 Å². The van der Waals surface area contributed by atoms with Gasteiger partial charge in [0.25, 0.3) is 0 Å². The van der Waals surface area contributed by atoms with Crippen molar-refractivity contribution in [3.8, 4) is 0 Å². The van der Waals surface area contributed by atoms with E-state index < -0.39 is 12.2 Å². The van der Waals surface area contributed by atoms with Crippen LogP contribution in [0.1, 0.15) is 76.8 Å². The zero-order valence-electron chi connectivity index (χ0n) is 19.6. The number of hydrazine groups is 1. The number of aryl methyl sites for hydroxylation is 1. The number of benzene rings is 1. The first-order chi connectivity index (χ1) is 15.0. The Morgan fingerprint density at radius 1 is 0.935 bits per heavy atom. The fraction of sp³-hybridized carbons (Fsp3) is 0.600. The van der Waals surface area contributed by atoms with Crippen LogP contribution in [0.2, 0.25) is 0 Å². The number of ether oxygens (including phenoxy) is 2. The first-order valence-electron chi connectivity index (χ1n) is 11.6. The van der Waals surface area contributed by atoms with Crippen LogP contribution in [-0.2, 0) is 9.47 Å². The molecule has 1 fully saturated rings. The van der Waals surface area contributed by atoms with Crippen LogP contribution >= 0.6 is 0 Å². The number of carbonyl (C=O) groups excluding carboxylic acids is 2. The molecule has 0 spiro atoms. The van der Waals surface area contributed by atoms with Gasteiger partial charge in [-0.3, -0.25) is 0 Å². The van der Waals surface area contributed by atoms with Crippen molar-refractivity contribution >= 4 is 17.8 Å². The summed E-state index contributed by atoms with van der Waals surface area (Å²) in [5, 5.41) is 2.81. The molecule has 2 amide bonds. The Bertz CT molecular complexity index is 749. The Morgan fingerprint density at radius 2 is 1.55 bits per heavy atom. The van der Waals surface area contributed by atoms with Crippen LogP contribution in [0.3, 0.4) is 0 Å². The monoisotopic (exact) mass is 430 g/mol. The molecule has 1 saturated heterocycles. The van der Waals surface area contributed by atoms with Crippen molar-refractivity contribution in [1.82, 2.24) is 10.0 Å². The molecule has 1 heterocycles. The average Bonchev–Trinajstić information content (AvgIpc) is 2.72. The molecule has 0 saturated carbocycles. The highest BCUT2D eigenvalue weighted by Gasteiger charge is 2.54. The van der Waals surface area contributed by atoms with Gasteiger partial charge in [0.1, 0.15) is 6.04 Å². The highest BCUT2D eigenvalue weighted by molar-refractivity contribution is 5.82. The fourth-order valence-electron chi connectivity index (χ4n) is 4.13. The molecule has 1 aliphatic heterocycles. The summed E-state index contributed by atoms with van der Waals surface area (Å²) in [5.41, 5.74) is 2.90. The van der Waals surface area contributed by atoms with E-state index in [-0.39, 0.29) is 25.3 Å². The summed E-state index contributed by atoms with van der Waals surface area (Å²) in [7, 11) is 0. The predicted octanol–water partition coefficient (Wildman–Crippen LogP) is 6.34. The van der Waals surface area contributed by atoms with Crippen molar-refractivity contribution in [2.75, 3.05) is 13.2 Å². The summed E-state index contributed by atoms with van der Waals surface area (Å²) >= 11 is 0. The van der Waals surface area contributed by atoms with Gasteiger partial charge in [0.05, 0.1) is 19.3 Å². The maximum atomic E-state index is 12.8. The average molecular weight is 431 g/mol. The molecule has 0 N–H and O–H groups in total. The normalized spacial score (nSPS) is 17.8. The topological polar surface area (TPSA) is 59.1 Å². The van der Waals surface area contributed by atoms with Crippen molar-refractivity contribution in [1.29, 1.82) is 0 Å². The van der Waals surface area contributed by atoms with Gasteiger partial charge in [-0.1, -0.05) is 81.9 Å². The standard InChI is InChI=1S/C25H38N2O4/c1-6-9-10-11-12-13-17-22-23(20(5)21-16-14-15-19(4)18-21)27(25(29)31-8-3)26(22)24(28)30-7-2/h14-16,18,22-23H,5-13,17H2,1-4H3/t22-,23-/m0/s1. The van der Waals surface area contributed by atoms with Crippen LogP contribution in [0.4, 0.5) is 9.59 Å². The zero-order chi connectivity index (χ0) is 22.8. The Balaban J connectivity index is 2.24. The molecule has 6 heteroatoms. The molecule has 2 rings (SSSR count). The van der Waals surface area contributed by atoms with E-state index in [0.717, 1.165) is 36.0 Å². The number of amides is 2. The number of carbonyl (C=O) groups is 2. The third-order valence-corrected chi connectivity index (χ3v) is 5.68. The van der Waals surface area contributed by atoms with E-state index in [1.54, 1.807) is 13.8 Å². The molecule has 0 unspecified atom stereocenters. The maximum Gasteiger partial charge on any atom is 0.429 e. The third-order valence-electron chi connectivity index (χ3n) is 5.68. The molecule has 1 aromatic carbocycles. The fourth-order valence-corrected chi connectivity index (χ4v) is 4.13. The predicted molar refractivity (Wildman–Crippen MR) is 124 cm³/mol. The summed E-state index contributed by atoms with van der Waals surface area (Å²) in [5.74, 6) is 0. The van der Waals surface area contributed by atoms with Crippen LogP contribution in [-0.4, -0.2) is 47.5 Å². The van der Waals surface area contributed by atoms with Crippen molar-refractivity contribution in [3.63, 3.8) is 0 Å². The Hall–Kier alpha value is -2.50. The number of unbranched alkanes of at least 4 members (excludes halogenated alkanes) is 5. The summed E-state index contributed by atoms with van der Waals surface area (Å²) in [6.07, 6.45) is 6.70. The van der Waals surface area contributed by atoms with Crippen LogP contribution in [0.15, 0.2) is 30.8 Å². The lowest BCUT2D eigenvalue weighted by Crippen LogP contribution is -2.74. The van der Waals surface area contributed by atoms with Gasteiger partial charge in [0, 0.05) is 0 Å². The second kappa shape index (κ2) is 12.4. The van der Waals surface area contributed by atoms with E-state index >= 15 is 0 Å². The molecule has 172 valence electrons. The molecule has 1 aromatic rings. The molecule has 0 aromatic heterocycles. The van der Waals surface area contributed by atoms with Gasteiger partial charge in [-0.2, -0.15) is 0 Å². The lowest BCUT2D eigenvalue weighted by atomic mass is 9.86. The Labute approximate surface area is 187 Å². The van der Waals surface area contributed by atoms with Crippen molar-refractivity contribution < 1.29 is 19.1 Å². The highest BCUT2D eigenvalue weighted by atomic mass is 16.6. The minimum Gasteiger partial charge on any atom is -0.448 e. The van der Waals surface area contributed by atoms with Crippen LogP contribution in [0.25, 0.3) is 5.57 Å². The minimum atomic E-state index is -0.548. The van der Waals surface area contributed by atoms with E-state index in [4.69, 9.17) is 9.47 Å². The zero-order valence-corrected chi connectivity index (χ0v) is 19.6. The maximum absolute atomic E-state index is 12.8. The Kier molecular flexibility index (Phi) is 9.89. The highest BCUT2D eigenvalue weighted by Crippen LogP contribution is 2.39. The van der Waals surface area contributed by atoms with Crippen LogP contribution < -0.4 is 0 Å². The van der Waals surface area contributed by atoms with Crippen LogP contribution in [0.5, 0.6) is 0 Å². The number of hydrogen-bond donors (Lipinski definition) is 0. The van der Waals surface area contributed by atoms with E-state index in [2.05, 4.69) is 19.6 Å². The lowest BCUT2D eigenvalue weighted by molar-refractivity contribution is -0.147. The van der Waals surface area contributed by atoms with Gasteiger partial charge in [-0.05, 0) is 38.3 Å². The third kappa shape index (κ3) is 6.25. The lowest BCUT2D eigenvalue weighted by Gasteiger charge is -2.55. The summed E-state index contributed by atoms with van der Waals surface area (Å²) < 4.78 is 10.5. The molecule has 0 bridgehead atoms. The van der Waals surface area contributed by atoms with Gasteiger partial charge in [-0.25, -0.2) is 19.6 Å². The largest absolute Gasteiger partial charge is 0.448 e. The number of hydrogen-bond acceptors (Lipinski definition) is 4. The molecule has 31 heavy (non-hydrogen) atoms. The van der Waals surface area contributed by atoms with E-state index in [1.165, 1.54) is 35.7 Å². The van der Waals surface area contributed by atoms with E-state index in [0.29, 0.717) is 0 Å². The second-order valence-electron chi connectivity index (χ2n) is 8.05. The molecule has 0 radical (unpaired) electrons. The molecular formula is C25H38N2O4. The van der Waals surface area contributed by atoms with E-state index in [1.807, 2.05) is 25.1 Å². The SMILES string of the molecule is C=C(c1cccc(C)c1)[C@H]1[C@H](CCCCCCCC)N(C(=O)OCC)N1C(=O)OCC. The van der Waals surface area contributed by atoms with E-state index in [9.17, 15) is 9.59 Å². The minimum absolute atomic E-state index is 0.178. The molecule has 6 nitrogen and oxygen atoms in total. The summed E-state index contributed by atoms with van der Waals surface area (Å²) in [4.78, 5) is 25.5. The number of nitrogens with zero attached hydrogens (tertiary/aromatic N) is 2. The first kappa shape index (κ1) is 24.8. The summed E-state index contributed by atoms with van der Waals surface area (Å²) in [6, 6.07) is 7.55. The quantitative estimate of drug-likeness (QED) is 0.384. The van der Waals surface area contributed by atoms with Crippen molar-refractivity contribution in [2.45, 2.75) is 84.7 Å². The molecule has 2 atom stereocenters. The van der Waals surface area contributed by atoms with Gasteiger partial charge in [-0.15, -0.1) is 0 Å². The van der Waals surface area contributed by atoms with Crippen molar-refractivity contribution in [2.24, 2.45) is 0 Å². The number of rotatable bonds is 11. The van der Waals surface area contributed by atoms with Gasteiger partial charge in [0.15, 0.2) is 0 Å². The Morgan fingerprint density at radius 3 is 2.16 bits per heavy atom.